The third kappa shape index (κ3) is 11.5. The molecule has 0 bridgehead atoms. The maximum absolute atomic E-state index is 13.2. The molecule has 1 heterocycles. The van der Waals surface area contributed by atoms with Crippen LogP contribution < -0.4 is 9.46 Å². The molecule has 300 valence electrons. The number of nitrogens with zero attached hydrogens (tertiary/aromatic N) is 1. The molecule has 2 fully saturated rings. The highest BCUT2D eigenvalue weighted by Crippen LogP contribution is 2.53. The van der Waals surface area contributed by atoms with Gasteiger partial charge in [-0.1, -0.05) is 36.2 Å². The van der Waals surface area contributed by atoms with E-state index in [4.69, 9.17) is 26.2 Å². The number of nitrogens with one attached hydrogen (secondary N) is 1. The number of ketones is 1. The topological polar surface area (TPSA) is 233 Å². The Kier molecular flexibility index (Phi) is 14.8. The third-order valence-corrected chi connectivity index (χ3v) is 11.8. The van der Waals surface area contributed by atoms with Crippen molar-refractivity contribution in [3.8, 4) is 16.9 Å². The molecule has 5 rings (SSSR count). The number of Topliss-reactive ketones (excluding diaryl/α,β-unsaturated/α-hetero) is 1. The normalized spacial score (nSPS) is 17.9. The fourth-order valence-corrected chi connectivity index (χ4v) is 7.63. The van der Waals surface area contributed by atoms with E-state index in [1.54, 1.807) is 12.4 Å². The van der Waals surface area contributed by atoms with Crippen LogP contribution in [-0.2, 0) is 36.6 Å². The van der Waals surface area contributed by atoms with Crippen LogP contribution in [0.15, 0.2) is 65.8 Å². The molecule has 2 aliphatic rings. The summed E-state index contributed by atoms with van der Waals surface area (Å²) in [5.41, 5.74) is 2.71. The minimum absolute atomic E-state index is 0.00623. The van der Waals surface area contributed by atoms with Crippen molar-refractivity contribution in [2.45, 2.75) is 112 Å². The molecule has 7 N–H and O–H groups in total. The predicted molar refractivity (Wildman–Crippen MR) is 201 cm³/mol. The lowest BCUT2D eigenvalue weighted by molar-refractivity contribution is -0.144. The van der Waals surface area contributed by atoms with E-state index in [-0.39, 0.29) is 49.8 Å². The third-order valence-electron chi connectivity index (χ3n) is 9.98. The van der Waals surface area contributed by atoms with Crippen LogP contribution in [0.4, 0.5) is 0 Å². The number of aliphatic carboxylic acids is 1. The number of hydrogen-bond acceptors (Lipinski definition) is 12. The van der Waals surface area contributed by atoms with E-state index in [1.807, 2.05) is 30.3 Å². The molecule has 55 heavy (non-hydrogen) atoms. The Morgan fingerprint density at radius 3 is 2.38 bits per heavy atom. The quantitative estimate of drug-likeness (QED) is 0.0644. The summed E-state index contributed by atoms with van der Waals surface area (Å²) >= 11 is 6.51. The van der Waals surface area contributed by atoms with Crippen LogP contribution in [0.2, 0.25) is 5.02 Å². The van der Waals surface area contributed by atoms with Gasteiger partial charge >= 0.3 is 5.97 Å². The molecule has 16 heteroatoms. The molecule has 0 aliphatic heterocycles. The number of sulfonamides is 1. The Morgan fingerprint density at radius 1 is 0.964 bits per heavy atom. The van der Waals surface area contributed by atoms with E-state index in [1.165, 1.54) is 18.2 Å². The zero-order valence-electron chi connectivity index (χ0n) is 30.3. The predicted octanol–water partition coefficient (Wildman–Crippen LogP) is 3.47. The molecule has 0 spiro atoms. The van der Waals surface area contributed by atoms with Gasteiger partial charge in [-0.2, -0.15) is 0 Å². The van der Waals surface area contributed by atoms with Crippen LogP contribution >= 0.6 is 11.6 Å². The number of carboxylic acids is 1. The summed E-state index contributed by atoms with van der Waals surface area (Å²) in [6.07, 6.45) is 0.198. The van der Waals surface area contributed by atoms with Crippen molar-refractivity contribution in [3.05, 3.63) is 77.1 Å². The summed E-state index contributed by atoms with van der Waals surface area (Å²) in [6.45, 7) is -0.769. The number of unbranched alkanes of at least 4 members (excludes halogenated alkanes) is 1. The summed E-state index contributed by atoms with van der Waals surface area (Å²) in [4.78, 5) is 28.6. The van der Waals surface area contributed by atoms with Gasteiger partial charge < -0.3 is 40.1 Å². The van der Waals surface area contributed by atoms with Crippen molar-refractivity contribution < 1.29 is 58.1 Å². The van der Waals surface area contributed by atoms with Gasteiger partial charge in [0.1, 0.15) is 29.8 Å². The van der Waals surface area contributed by atoms with Gasteiger partial charge in [-0.3, -0.25) is 14.6 Å². The van der Waals surface area contributed by atoms with Gasteiger partial charge in [0.05, 0.1) is 41.8 Å². The molecule has 1 aromatic heterocycles. The van der Waals surface area contributed by atoms with E-state index in [2.05, 4.69) is 9.71 Å². The lowest BCUT2D eigenvalue weighted by atomic mass is 9.93. The minimum atomic E-state index is -3.96. The number of carboxylic acid groups (broad SMARTS) is 1. The molecular weight excluding hydrogens is 756 g/mol. The van der Waals surface area contributed by atoms with Crippen molar-refractivity contribution in [2.24, 2.45) is 5.92 Å². The van der Waals surface area contributed by atoms with Crippen LogP contribution in [-0.4, -0.2) is 99.5 Å². The highest BCUT2D eigenvalue weighted by atomic mass is 35.5. The molecule has 2 saturated carbocycles. The van der Waals surface area contributed by atoms with Gasteiger partial charge in [0.15, 0.2) is 0 Å². The molecule has 3 aromatic rings. The Bertz CT molecular complexity index is 1890. The maximum atomic E-state index is 13.2. The number of pyridine rings is 1. The first-order valence-corrected chi connectivity index (χ1v) is 20.3. The second-order valence-corrected chi connectivity index (χ2v) is 16.5. The Hall–Kier alpha value is -3.51. The highest BCUT2D eigenvalue weighted by molar-refractivity contribution is 7.89. The number of ether oxygens (including phenoxy) is 2. The number of hydrogen-bond donors (Lipinski definition) is 7. The van der Waals surface area contributed by atoms with Gasteiger partial charge in [0.25, 0.3) is 0 Å². The zero-order chi connectivity index (χ0) is 39.8. The minimum Gasteiger partial charge on any atom is -0.490 e. The molecular formula is C39H49ClN2O12S. The first-order valence-electron chi connectivity index (χ1n) is 18.4. The van der Waals surface area contributed by atoms with Crippen LogP contribution in [0.5, 0.6) is 5.75 Å². The molecule has 2 aliphatic carbocycles. The van der Waals surface area contributed by atoms with Crippen LogP contribution in [0.25, 0.3) is 11.1 Å². The molecule has 2 aromatic carbocycles. The molecule has 0 radical (unpaired) electrons. The zero-order valence-corrected chi connectivity index (χ0v) is 31.9. The Labute approximate surface area is 325 Å². The number of benzene rings is 2. The summed E-state index contributed by atoms with van der Waals surface area (Å²) in [5, 5.41) is 58.0. The summed E-state index contributed by atoms with van der Waals surface area (Å²) in [5.74, 6) is -1.93. The molecule has 0 saturated heterocycles. The molecule has 5 atom stereocenters. The maximum Gasteiger partial charge on any atom is 0.306 e. The van der Waals surface area contributed by atoms with Gasteiger partial charge in [-0.25, -0.2) is 13.1 Å². The summed E-state index contributed by atoms with van der Waals surface area (Å²) in [6, 6.07) is 14.2. The summed E-state index contributed by atoms with van der Waals surface area (Å²) < 4.78 is 41.7. The van der Waals surface area contributed by atoms with Crippen LogP contribution in [0.3, 0.4) is 0 Å². The van der Waals surface area contributed by atoms with Crippen LogP contribution in [0, 0.1) is 5.92 Å². The molecule has 0 amide bonds. The van der Waals surface area contributed by atoms with E-state index in [0.717, 1.165) is 48.1 Å². The average Bonchev–Trinajstić information content (AvgIpc) is 4.13. The fraction of sp³-hybridized carbons (Fsp3) is 0.513. The van der Waals surface area contributed by atoms with Crippen molar-refractivity contribution >= 4 is 33.4 Å². The lowest BCUT2D eigenvalue weighted by Gasteiger charge is -2.25. The van der Waals surface area contributed by atoms with Crippen LogP contribution in [0.1, 0.15) is 75.3 Å². The average molecular weight is 805 g/mol. The number of aliphatic hydroxyl groups excluding tert-OH is 5. The monoisotopic (exact) mass is 804 g/mol. The second-order valence-electron chi connectivity index (χ2n) is 14.3. The fourth-order valence-electron chi connectivity index (χ4n) is 6.34. The lowest BCUT2D eigenvalue weighted by Crippen LogP contribution is -2.45. The number of carbonyl (C=O) groups is 2. The second kappa shape index (κ2) is 19.1. The first kappa shape index (κ1) is 42.6. The molecule has 0 unspecified atom stereocenters. The van der Waals surface area contributed by atoms with Gasteiger partial charge in [0.2, 0.25) is 10.0 Å². The number of rotatable bonds is 24. The largest absolute Gasteiger partial charge is 0.490 e. The number of halogens is 1. The van der Waals surface area contributed by atoms with Crippen molar-refractivity contribution in [1.29, 1.82) is 0 Å². The van der Waals surface area contributed by atoms with E-state index < -0.39 is 64.3 Å². The number of aromatic nitrogens is 1. The standard InChI is InChI=1S/C39H49ClN2O12S/c40-32-12-11-28(55(51,52)42-17-4-3-5-24(38(49)50)19-26(44)8-13-33(45)36(47)37(48)34(46)22-43)20-25(32)23-53-39(15-16-39)31-21-41-18-14-29(31)30-6-1-2-7-35(30)54-27-9-10-27/h1-2,6-7,11-12,14,18,20-21,24,27,33-34,36-37,42-43,45-48H,3-5,8-10,13,15-17,19,22-23H2,(H,49,50)/t24-,33+,34-,36+,37-/m1/s1. The van der Waals surface area contributed by atoms with Crippen molar-refractivity contribution in [2.75, 3.05) is 13.2 Å². The van der Waals surface area contributed by atoms with E-state index in [9.17, 15) is 43.5 Å². The van der Waals surface area contributed by atoms with Gasteiger partial charge in [0, 0.05) is 47.9 Å². The van der Waals surface area contributed by atoms with Crippen molar-refractivity contribution in [1.82, 2.24) is 9.71 Å². The number of aliphatic hydroxyl groups is 5. The number of para-hydroxylation sites is 1. The van der Waals surface area contributed by atoms with E-state index >= 15 is 0 Å². The van der Waals surface area contributed by atoms with Crippen molar-refractivity contribution in [3.63, 3.8) is 0 Å². The first-order chi connectivity index (χ1) is 26.2. The highest BCUT2D eigenvalue weighted by Gasteiger charge is 2.48. The SMILES string of the molecule is O=C(CC[C@H](O)[C@H](O)[C@H](O)[C@H](O)CO)C[C@@H](CCCCNS(=O)(=O)c1ccc(Cl)c(COC2(c3cnccc3-c3ccccc3OC3CC3)CC2)c1)C(=O)O. The Balaban J connectivity index is 1.11. The van der Waals surface area contributed by atoms with E-state index in [0.29, 0.717) is 23.4 Å². The summed E-state index contributed by atoms with van der Waals surface area (Å²) in [7, 11) is -3.96. The van der Waals surface area contributed by atoms with Gasteiger partial charge in [-0.05, 0) is 86.4 Å². The van der Waals surface area contributed by atoms with Gasteiger partial charge in [-0.15, -0.1) is 0 Å². The Morgan fingerprint density at radius 2 is 1.69 bits per heavy atom. The molecule has 14 nitrogen and oxygen atoms in total. The number of carbonyl (C=O) groups excluding carboxylic acids is 1. The smallest absolute Gasteiger partial charge is 0.306 e.